The molecule has 124 valence electrons. The van der Waals surface area contributed by atoms with Crippen LogP contribution >= 0.6 is 0 Å². The predicted molar refractivity (Wildman–Crippen MR) is 84.3 cm³/mol. The van der Waals surface area contributed by atoms with Crippen molar-refractivity contribution in [2.75, 3.05) is 0 Å². The van der Waals surface area contributed by atoms with Crippen molar-refractivity contribution in [2.24, 2.45) is 16.7 Å². The number of rotatable bonds is 3. The molecule has 1 saturated carbocycles. The Hall–Kier alpha value is -2.37. The maximum absolute atomic E-state index is 12.4. The number of aliphatic carboxylic acids is 1. The molecule has 0 heterocycles. The molecule has 1 fully saturated rings. The van der Waals surface area contributed by atoms with Crippen molar-refractivity contribution in [3.8, 4) is 0 Å². The zero-order chi connectivity index (χ0) is 17.3. The first-order valence-corrected chi connectivity index (χ1v) is 7.59. The van der Waals surface area contributed by atoms with E-state index in [1.54, 1.807) is 37.3 Å². The lowest BCUT2D eigenvalue weighted by molar-refractivity contribution is -0.160. The first-order valence-electron chi connectivity index (χ1n) is 7.59. The second kappa shape index (κ2) is 6.02. The first kappa shape index (κ1) is 17.0. The summed E-state index contributed by atoms with van der Waals surface area (Å²) in [5, 5.41) is 9.62. The van der Waals surface area contributed by atoms with Crippen molar-refractivity contribution in [3.63, 3.8) is 0 Å². The van der Waals surface area contributed by atoms with Gasteiger partial charge in [0, 0.05) is 5.56 Å². The largest absolute Gasteiger partial charge is 0.481 e. The van der Waals surface area contributed by atoms with Crippen molar-refractivity contribution >= 4 is 17.8 Å². The average Bonchev–Trinajstić information content (AvgIpc) is 2.77. The topological polar surface area (TPSA) is 95.5 Å². The summed E-state index contributed by atoms with van der Waals surface area (Å²) in [6.45, 7) is 5.32. The zero-order valence-electron chi connectivity index (χ0n) is 13.6. The van der Waals surface area contributed by atoms with Gasteiger partial charge in [-0.1, -0.05) is 32.0 Å². The van der Waals surface area contributed by atoms with E-state index in [1.807, 2.05) is 13.8 Å². The molecule has 6 heteroatoms. The number of amides is 2. The lowest BCUT2D eigenvalue weighted by Crippen LogP contribution is -2.51. The summed E-state index contributed by atoms with van der Waals surface area (Å²) >= 11 is 0. The molecular formula is C17H22N2O4. The van der Waals surface area contributed by atoms with Gasteiger partial charge in [-0.2, -0.15) is 0 Å². The van der Waals surface area contributed by atoms with Crippen LogP contribution in [0.2, 0.25) is 0 Å². The van der Waals surface area contributed by atoms with Gasteiger partial charge in [0.2, 0.25) is 5.91 Å². The minimum atomic E-state index is -1.17. The summed E-state index contributed by atoms with van der Waals surface area (Å²) in [7, 11) is 0. The summed E-state index contributed by atoms with van der Waals surface area (Å²) in [6.07, 6.45) is 1.11. The normalized spacial score (nSPS) is 25.6. The highest BCUT2D eigenvalue weighted by Crippen LogP contribution is 2.56. The van der Waals surface area contributed by atoms with Crippen molar-refractivity contribution < 1.29 is 19.5 Å². The molecule has 1 aliphatic carbocycles. The summed E-state index contributed by atoms with van der Waals surface area (Å²) in [6, 6.07) is 8.48. The van der Waals surface area contributed by atoms with Crippen LogP contribution in [0.5, 0.6) is 0 Å². The fourth-order valence-corrected chi connectivity index (χ4v) is 3.22. The van der Waals surface area contributed by atoms with Gasteiger partial charge < -0.3 is 5.11 Å². The van der Waals surface area contributed by atoms with E-state index in [2.05, 4.69) is 10.9 Å². The van der Waals surface area contributed by atoms with Gasteiger partial charge in [-0.15, -0.1) is 0 Å². The van der Waals surface area contributed by atoms with Crippen LogP contribution in [0.3, 0.4) is 0 Å². The van der Waals surface area contributed by atoms with Gasteiger partial charge in [-0.3, -0.25) is 25.2 Å². The minimum absolute atomic E-state index is 0.417. The van der Waals surface area contributed by atoms with Crippen LogP contribution in [0.4, 0.5) is 0 Å². The Balaban J connectivity index is 2.06. The molecule has 1 aromatic carbocycles. The lowest BCUT2D eigenvalue weighted by atomic mass is 9.65. The van der Waals surface area contributed by atoms with Gasteiger partial charge in [-0.05, 0) is 37.3 Å². The quantitative estimate of drug-likeness (QED) is 0.743. The van der Waals surface area contributed by atoms with Crippen molar-refractivity contribution in [1.29, 1.82) is 0 Å². The molecule has 23 heavy (non-hydrogen) atoms. The molecule has 2 rings (SSSR count). The van der Waals surface area contributed by atoms with E-state index in [0.29, 0.717) is 18.4 Å². The SMILES string of the molecule is CC1(C)CC[C@H](C(=O)NNC(=O)c2ccccc2)[C@]1(C)C(=O)O. The monoisotopic (exact) mass is 318 g/mol. The molecule has 0 spiro atoms. The zero-order valence-corrected chi connectivity index (χ0v) is 13.6. The van der Waals surface area contributed by atoms with E-state index < -0.39 is 34.5 Å². The smallest absolute Gasteiger partial charge is 0.310 e. The Morgan fingerprint density at radius 2 is 1.70 bits per heavy atom. The van der Waals surface area contributed by atoms with Crippen LogP contribution in [0.25, 0.3) is 0 Å². The number of benzene rings is 1. The number of carbonyl (C=O) groups excluding carboxylic acids is 2. The number of hydrogen-bond acceptors (Lipinski definition) is 3. The second-order valence-electron chi connectivity index (χ2n) is 6.79. The highest BCUT2D eigenvalue weighted by atomic mass is 16.4. The van der Waals surface area contributed by atoms with Crippen molar-refractivity contribution in [3.05, 3.63) is 35.9 Å². The van der Waals surface area contributed by atoms with E-state index in [1.165, 1.54) is 0 Å². The van der Waals surface area contributed by atoms with Crippen LogP contribution in [0, 0.1) is 16.7 Å². The molecule has 2 amide bonds. The van der Waals surface area contributed by atoms with Crippen LogP contribution in [-0.4, -0.2) is 22.9 Å². The molecule has 0 unspecified atom stereocenters. The van der Waals surface area contributed by atoms with Crippen molar-refractivity contribution in [2.45, 2.75) is 33.6 Å². The first-order chi connectivity index (χ1) is 10.7. The predicted octanol–water partition coefficient (Wildman–Crippen LogP) is 1.97. The van der Waals surface area contributed by atoms with Crippen LogP contribution in [-0.2, 0) is 9.59 Å². The minimum Gasteiger partial charge on any atom is -0.481 e. The Labute approximate surface area is 135 Å². The fourth-order valence-electron chi connectivity index (χ4n) is 3.22. The molecular weight excluding hydrogens is 296 g/mol. The highest BCUT2D eigenvalue weighted by molar-refractivity contribution is 5.96. The highest BCUT2D eigenvalue weighted by Gasteiger charge is 2.59. The third-order valence-electron chi connectivity index (χ3n) is 5.26. The van der Waals surface area contributed by atoms with Crippen LogP contribution in [0.1, 0.15) is 44.0 Å². The van der Waals surface area contributed by atoms with Gasteiger partial charge in [0.25, 0.3) is 5.91 Å². The summed E-state index contributed by atoms with van der Waals surface area (Å²) < 4.78 is 0. The van der Waals surface area contributed by atoms with Gasteiger partial charge >= 0.3 is 5.97 Å². The molecule has 1 aromatic rings. The van der Waals surface area contributed by atoms with Gasteiger partial charge in [0.15, 0.2) is 0 Å². The Morgan fingerprint density at radius 3 is 2.26 bits per heavy atom. The molecule has 0 radical (unpaired) electrons. The molecule has 3 N–H and O–H groups in total. The van der Waals surface area contributed by atoms with E-state index in [4.69, 9.17) is 0 Å². The second-order valence-corrected chi connectivity index (χ2v) is 6.79. The molecule has 2 atom stereocenters. The van der Waals surface area contributed by atoms with Crippen LogP contribution < -0.4 is 10.9 Å². The number of nitrogens with one attached hydrogen (secondary N) is 2. The Bertz CT molecular complexity index is 627. The molecule has 6 nitrogen and oxygen atoms in total. The maximum Gasteiger partial charge on any atom is 0.310 e. The molecule has 0 aliphatic heterocycles. The van der Waals surface area contributed by atoms with E-state index >= 15 is 0 Å². The number of carboxylic acid groups (broad SMARTS) is 1. The number of carboxylic acids is 1. The summed E-state index contributed by atoms with van der Waals surface area (Å²) in [5.74, 6) is -2.58. The van der Waals surface area contributed by atoms with E-state index in [-0.39, 0.29) is 0 Å². The van der Waals surface area contributed by atoms with Gasteiger partial charge in [-0.25, -0.2) is 0 Å². The number of hydrazine groups is 1. The average molecular weight is 318 g/mol. The third-order valence-corrected chi connectivity index (χ3v) is 5.26. The molecule has 0 aromatic heterocycles. The van der Waals surface area contributed by atoms with Gasteiger partial charge in [0.05, 0.1) is 11.3 Å². The van der Waals surface area contributed by atoms with E-state index in [9.17, 15) is 19.5 Å². The fraction of sp³-hybridized carbons (Fsp3) is 0.471. The summed E-state index contributed by atoms with van der Waals surface area (Å²) in [5.41, 5.74) is 3.47. The molecule has 1 aliphatic rings. The van der Waals surface area contributed by atoms with Crippen LogP contribution in [0.15, 0.2) is 30.3 Å². The van der Waals surface area contributed by atoms with Gasteiger partial charge in [0.1, 0.15) is 0 Å². The molecule has 0 bridgehead atoms. The standard InChI is InChI=1S/C17H22N2O4/c1-16(2)10-9-12(17(16,3)15(22)23)14(21)19-18-13(20)11-7-5-4-6-8-11/h4-8,12H,9-10H2,1-3H3,(H,18,20)(H,19,21)(H,22,23)/t12-,17-/m1/s1. The number of carbonyl (C=O) groups is 3. The lowest BCUT2D eigenvalue weighted by Gasteiger charge is -2.37. The maximum atomic E-state index is 12.4. The number of hydrogen-bond donors (Lipinski definition) is 3. The Kier molecular flexibility index (Phi) is 4.45. The Morgan fingerprint density at radius 1 is 1.09 bits per heavy atom. The molecule has 0 saturated heterocycles. The third kappa shape index (κ3) is 2.93. The van der Waals surface area contributed by atoms with Crippen molar-refractivity contribution in [1.82, 2.24) is 10.9 Å². The van der Waals surface area contributed by atoms with E-state index in [0.717, 1.165) is 0 Å². The summed E-state index contributed by atoms with van der Waals surface area (Å²) in [4.78, 5) is 36.1.